The topological polar surface area (TPSA) is 78.8 Å². The largest absolute Gasteiger partial charge is 0.451 e. The lowest BCUT2D eigenvalue weighted by atomic mass is 9.62. The normalized spacial score (nSPS) is 17.0. The molecule has 1 spiro atoms. The molecule has 0 unspecified atom stereocenters. The summed E-state index contributed by atoms with van der Waals surface area (Å²) >= 11 is 0. The number of carbonyl (C=O) groups excluding carboxylic acids is 1. The molecule has 180 valence electrons. The third-order valence-corrected chi connectivity index (χ3v) is 5.97. The van der Waals surface area contributed by atoms with Crippen molar-refractivity contribution < 1.29 is 27.8 Å². The van der Waals surface area contributed by atoms with Gasteiger partial charge in [-0.05, 0) is 51.9 Å². The van der Waals surface area contributed by atoms with Gasteiger partial charge in [0.15, 0.2) is 17.9 Å². The third kappa shape index (κ3) is 6.20. The first-order valence-electron chi connectivity index (χ1n) is 10.8. The summed E-state index contributed by atoms with van der Waals surface area (Å²) in [4.78, 5) is 23.0. The average Bonchev–Trinajstić information content (AvgIpc) is 2.71. The van der Waals surface area contributed by atoms with Crippen molar-refractivity contribution >= 4 is 12.1 Å². The molecule has 1 N–H and O–H groups in total. The van der Waals surface area contributed by atoms with Crippen LogP contribution >= 0.6 is 0 Å². The Bertz CT molecular complexity index is 946. The molecule has 1 aromatic heterocycles. The van der Waals surface area contributed by atoms with Crippen molar-refractivity contribution in [2.24, 2.45) is 5.41 Å². The molecule has 1 aliphatic carbocycles. The van der Waals surface area contributed by atoms with E-state index in [-0.39, 0.29) is 35.4 Å². The molecular formula is C23H29F3N4O3. The van der Waals surface area contributed by atoms with Gasteiger partial charge in [-0.25, -0.2) is 23.1 Å². The molecule has 1 aliphatic heterocycles. The summed E-state index contributed by atoms with van der Waals surface area (Å²) in [6.07, 6.45) is 2.75. The van der Waals surface area contributed by atoms with E-state index in [1.807, 2.05) is 13.8 Å². The lowest BCUT2D eigenvalue weighted by Gasteiger charge is -2.58. The van der Waals surface area contributed by atoms with Crippen LogP contribution in [0, 0.1) is 11.2 Å². The van der Waals surface area contributed by atoms with Gasteiger partial charge in [0.25, 0.3) is 6.43 Å². The highest BCUT2D eigenvalue weighted by atomic mass is 19.3. The molecule has 1 aromatic carbocycles. The summed E-state index contributed by atoms with van der Waals surface area (Å²) in [6, 6.07) is 3.98. The second-order valence-electron chi connectivity index (χ2n) is 8.96. The molecule has 7 nitrogen and oxygen atoms in total. The van der Waals surface area contributed by atoms with Crippen molar-refractivity contribution in [3.8, 4) is 11.5 Å². The number of hydrogen-bond acceptors (Lipinski definition) is 7. The SMILES string of the molecule is CC(C)N(C)CC(F)F.O=Cc1cc(F)ccc1Oc1cncnc1N1CC2(CC(O)C2)C1. The minimum absolute atomic E-state index is 0.127. The van der Waals surface area contributed by atoms with Crippen LogP contribution in [-0.2, 0) is 0 Å². The van der Waals surface area contributed by atoms with Gasteiger partial charge in [0.05, 0.1) is 24.4 Å². The minimum atomic E-state index is -2.21. The van der Waals surface area contributed by atoms with Crippen molar-refractivity contribution in [3.05, 3.63) is 42.1 Å². The summed E-state index contributed by atoms with van der Waals surface area (Å²) in [5.41, 5.74) is 0.317. The Morgan fingerprint density at radius 1 is 1.30 bits per heavy atom. The van der Waals surface area contributed by atoms with Gasteiger partial charge in [0, 0.05) is 24.5 Å². The number of anilines is 1. The predicted molar refractivity (Wildman–Crippen MR) is 118 cm³/mol. The summed E-state index contributed by atoms with van der Waals surface area (Å²) < 4.78 is 42.2. The van der Waals surface area contributed by atoms with Gasteiger partial charge in [0.1, 0.15) is 17.9 Å². The number of benzene rings is 1. The number of aliphatic hydroxyl groups is 1. The van der Waals surface area contributed by atoms with Gasteiger partial charge in [0.2, 0.25) is 0 Å². The van der Waals surface area contributed by atoms with Crippen LogP contribution in [0.4, 0.5) is 19.0 Å². The van der Waals surface area contributed by atoms with E-state index in [1.165, 1.54) is 24.7 Å². The molecule has 2 fully saturated rings. The molecule has 2 aliphatic rings. The number of aldehydes is 1. The number of alkyl halides is 2. The van der Waals surface area contributed by atoms with Gasteiger partial charge >= 0.3 is 0 Å². The second-order valence-corrected chi connectivity index (χ2v) is 8.96. The number of rotatable bonds is 7. The first kappa shape index (κ1) is 24.9. The zero-order chi connectivity index (χ0) is 24.2. The first-order chi connectivity index (χ1) is 15.6. The van der Waals surface area contributed by atoms with Gasteiger partial charge in [-0.2, -0.15) is 0 Å². The number of aliphatic hydroxyl groups excluding tert-OH is 1. The zero-order valence-electron chi connectivity index (χ0n) is 18.9. The Kier molecular flexibility index (Phi) is 7.91. The number of carbonyl (C=O) groups is 1. The van der Waals surface area contributed by atoms with Crippen molar-refractivity contribution in [1.29, 1.82) is 0 Å². The highest BCUT2D eigenvalue weighted by Crippen LogP contribution is 2.50. The van der Waals surface area contributed by atoms with Crippen molar-refractivity contribution in [1.82, 2.24) is 14.9 Å². The van der Waals surface area contributed by atoms with E-state index >= 15 is 0 Å². The molecule has 0 radical (unpaired) electrons. The van der Waals surface area contributed by atoms with E-state index in [9.17, 15) is 23.1 Å². The monoisotopic (exact) mass is 466 g/mol. The van der Waals surface area contributed by atoms with Crippen LogP contribution in [0.1, 0.15) is 37.0 Å². The Morgan fingerprint density at radius 3 is 2.55 bits per heavy atom. The van der Waals surface area contributed by atoms with Crippen LogP contribution in [-0.4, -0.2) is 71.5 Å². The molecule has 1 saturated heterocycles. The molecule has 0 bridgehead atoms. The van der Waals surface area contributed by atoms with Gasteiger partial charge in [-0.1, -0.05) is 0 Å². The molecule has 10 heteroatoms. The van der Waals surface area contributed by atoms with Crippen molar-refractivity contribution in [2.75, 3.05) is 31.6 Å². The summed E-state index contributed by atoms with van der Waals surface area (Å²) in [6.45, 7) is 5.27. The fourth-order valence-corrected chi connectivity index (χ4v) is 3.98. The number of hydrogen-bond donors (Lipinski definition) is 1. The van der Waals surface area contributed by atoms with Gasteiger partial charge < -0.3 is 14.7 Å². The molecular weight excluding hydrogens is 437 g/mol. The minimum Gasteiger partial charge on any atom is -0.451 e. The van der Waals surface area contributed by atoms with Crippen LogP contribution in [0.5, 0.6) is 11.5 Å². The average molecular weight is 467 g/mol. The third-order valence-electron chi connectivity index (χ3n) is 5.97. The summed E-state index contributed by atoms with van der Waals surface area (Å²) in [5, 5.41) is 9.50. The standard InChI is InChI=1S/C17H16FN3O3.C6H13F2N/c18-12-1-2-14(11(3-12)7-22)24-15-6-19-10-20-16(15)21-8-17(9-21)4-13(23)5-17;1-5(2)9(3)4-6(7)8/h1-3,6-7,10,13,23H,4-5,8-9H2;5-6H,4H2,1-3H3. The van der Waals surface area contributed by atoms with Gasteiger partial charge in [-0.15, -0.1) is 0 Å². The second kappa shape index (κ2) is 10.5. The van der Waals surface area contributed by atoms with Crippen LogP contribution in [0.25, 0.3) is 0 Å². The predicted octanol–water partition coefficient (Wildman–Crippen LogP) is 3.77. The first-order valence-corrected chi connectivity index (χ1v) is 10.8. The van der Waals surface area contributed by atoms with Crippen LogP contribution in [0.15, 0.2) is 30.7 Å². The van der Waals surface area contributed by atoms with E-state index in [0.29, 0.717) is 17.9 Å². The number of nitrogens with zero attached hydrogens (tertiary/aromatic N) is 4. The van der Waals surface area contributed by atoms with E-state index in [0.717, 1.165) is 32.0 Å². The smallest absolute Gasteiger partial charge is 0.251 e. The van der Waals surface area contributed by atoms with E-state index in [2.05, 4.69) is 14.9 Å². The number of aromatic nitrogens is 2. The maximum atomic E-state index is 13.2. The van der Waals surface area contributed by atoms with Crippen molar-refractivity contribution in [2.45, 2.75) is 45.3 Å². The molecule has 1 saturated carbocycles. The summed E-state index contributed by atoms with van der Waals surface area (Å²) in [7, 11) is 1.69. The Morgan fingerprint density at radius 2 is 2.00 bits per heavy atom. The van der Waals surface area contributed by atoms with E-state index in [4.69, 9.17) is 4.74 Å². The molecule has 4 rings (SSSR count). The maximum absolute atomic E-state index is 13.2. The molecule has 0 amide bonds. The molecule has 33 heavy (non-hydrogen) atoms. The molecule has 2 heterocycles. The fourth-order valence-electron chi connectivity index (χ4n) is 3.98. The zero-order valence-corrected chi connectivity index (χ0v) is 18.9. The quantitative estimate of drug-likeness (QED) is 0.623. The number of ether oxygens (including phenoxy) is 1. The van der Waals surface area contributed by atoms with E-state index in [1.54, 1.807) is 11.9 Å². The van der Waals surface area contributed by atoms with Crippen LogP contribution in [0.2, 0.25) is 0 Å². The van der Waals surface area contributed by atoms with Gasteiger partial charge in [-0.3, -0.25) is 9.69 Å². The Balaban J connectivity index is 0.000000292. The number of halogens is 3. The maximum Gasteiger partial charge on any atom is 0.251 e. The van der Waals surface area contributed by atoms with Crippen LogP contribution < -0.4 is 9.64 Å². The highest BCUT2D eigenvalue weighted by molar-refractivity contribution is 5.79. The Labute approximate surface area is 191 Å². The molecule has 0 atom stereocenters. The molecule has 2 aromatic rings. The lowest BCUT2D eigenvalue weighted by molar-refractivity contribution is -0.0495. The highest BCUT2D eigenvalue weighted by Gasteiger charge is 2.52. The fraction of sp³-hybridized carbons (Fsp3) is 0.522. The Hall–Kier alpha value is -2.72. The van der Waals surface area contributed by atoms with E-state index < -0.39 is 12.2 Å². The summed E-state index contributed by atoms with van der Waals surface area (Å²) in [5.74, 6) is 0.819. The lowest BCUT2D eigenvalue weighted by Crippen LogP contribution is -2.64. The van der Waals surface area contributed by atoms with Crippen molar-refractivity contribution in [3.63, 3.8) is 0 Å². The van der Waals surface area contributed by atoms with Crippen LogP contribution in [0.3, 0.4) is 0 Å².